The zero-order valence-corrected chi connectivity index (χ0v) is 7.38. The highest BCUT2D eigenvalue weighted by molar-refractivity contribution is 5.46. The molecule has 12 heavy (non-hydrogen) atoms. The van der Waals surface area contributed by atoms with Gasteiger partial charge in [-0.3, -0.25) is 0 Å². The molecular weight excluding hydrogens is 148 g/mol. The van der Waals surface area contributed by atoms with Crippen molar-refractivity contribution >= 4 is 0 Å². The lowest BCUT2D eigenvalue weighted by Crippen LogP contribution is -1.95. The first-order valence-electron chi connectivity index (χ1n) is 4.17. The second-order valence-electron chi connectivity index (χ2n) is 2.76. The molecule has 0 heterocycles. The van der Waals surface area contributed by atoms with Crippen LogP contribution in [-0.2, 0) is 0 Å². The van der Waals surface area contributed by atoms with Crippen molar-refractivity contribution in [3.63, 3.8) is 0 Å². The van der Waals surface area contributed by atoms with E-state index in [4.69, 9.17) is 0 Å². The molecular formula is C11H14O. The first-order valence-corrected chi connectivity index (χ1v) is 4.17. The number of rotatable bonds is 1. The summed E-state index contributed by atoms with van der Waals surface area (Å²) < 4.78 is 0. The summed E-state index contributed by atoms with van der Waals surface area (Å²) in [5.74, 6) is 0.277. The van der Waals surface area contributed by atoms with Crippen LogP contribution in [0.3, 0.4) is 0 Å². The minimum Gasteiger partial charge on any atom is -0.507 e. The molecule has 0 aromatic rings. The lowest BCUT2D eigenvalue weighted by molar-refractivity contribution is 0.428. The van der Waals surface area contributed by atoms with Crippen LogP contribution in [0.15, 0.2) is 47.8 Å². The van der Waals surface area contributed by atoms with Crippen LogP contribution in [-0.4, -0.2) is 5.11 Å². The molecule has 0 unspecified atom stereocenters. The Kier molecular flexibility index (Phi) is 2.92. The summed E-state index contributed by atoms with van der Waals surface area (Å²) in [7, 11) is 0. The normalized spacial score (nSPS) is 24.2. The van der Waals surface area contributed by atoms with Crippen LogP contribution in [0.4, 0.5) is 0 Å². The Labute approximate surface area is 73.4 Å². The molecule has 0 atom stereocenters. The van der Waals surface area contributed by atoms with Crippen LogP contribution in [0.5, 0.6) is 0 Å². The van der Waals surface area contributed by atoms with Crippen molar-refractivity contribution < 1.29 is 5.11 Å². The van der Waals surface area contributed by atoms with Gasteiger partial charge in [-0.1, -0.05) is 24.8 Å². The average molecular weight is 162 g/mol. The minimum absolute atomic E-state index is 0.277. The van der Waals surface area contributed by atoms with Crippen LogP contribution in [0.2, 0.25) is 0 Å². The van der Waals surface area contributed by atoms with Gasteiger partial charge in [0.2, 0.25) is 0 Å². The fourth-order valence-corrected chi connectivity index (χ4v) is 1.34. The lowest BCUT2D eigenvalue weighted by atomic mass is 9.94. The maximum Gasteiger partial charge on any atom is 0.122 e. The van der Waals surface area contributed by atoms with E-state index in [1.54, 1.807) is 0 Å². The second-order valence-corrected chi connectivity index (χ2v) is 2.76. The Morgan fingerprint density at radius 2 is 2.42 bits per heavy atom. The number of aliphatic hydroxyl groups excluding tert-OH is 1. The molecule has 1 rings (SSSR count). The third kappa shape index (κ3) is 1.67. The smallest absolute Gasteiger partial charge is 0.122 e. The van der Waals surface area contributed by atoms with Gasteiger partial charge in [-0.05, 0) is 31.4 Å². The van der Waals surface area contributed by atoms with Gasteiger partial charge in [0, 0.05) is 5.57 Å². The maximum absolute atomic E-state index is 9.45. The van der Waals surface area contributed by atoms with Crippen molar-refractivity contribution in [2.75, 3.05) is 0 Å². The van der Waals surface area contributed by atoms with Gasteiger partial charge in [0.05, 0.1) is 0 Å². The van der Waals surface area contributed by atoms with E-state index >= 15 is 0 Å². The van der Waals surface area contributed by atoms with Gasteiger partial charge in [-0.25, -0.2) is 0 Å². The van der Waals surface area contributed by atoms with Crippen molar-refractivity contribution in [3.05, 3.63) is 47.8 Å². The lowest BCUT2D eigenvalue weighted by Gasteiger charge is -2.12. The van der Waals surface area contributed by atoms with Crippen molar-refractivity contribution in [2.45, 2.75) is 19.8 Å². The van der Waals surface area contributed by atoms with E-state index in [0.29, 0.717) is 0 Å². The fraction of sp³-hybridized carbons (Fsp3) is 0.273. The van der Waals surface area contributed by atoms with E-state index in [-0.39, 0.29) is 5.76 Å². The number of allylic oxidation sites excluding steroid dienone is 6. The summed E-state index contributed by atoms with van der Waals surface area (Å²) in [4.78, 5) is 0. The predicted molar refractivity (Wildman–Crippen MR) is 52.0 cm³/mol. The molecule has 0 fully saturated rings. The molecule has 0 spiro atoms. The third-order valence-corrected chi connectivity index (χ3v) is 2.03. The van der Waals surface area contributed by atoms with Crippen molar-refractivity contribution in [1.82, 2.24) is 0 Å². The molecule has 0 amide bonds. The molecule has 1 heteroatoms. The molecule has 1 aliphatic rings. The molecule has 0 saturated carbocycles. The Bertz CT molecular complexity index is 267. The first kappa shape index (κ1) is 8.85. The SMILES string of the molecule is C=C/C(O)=C1/C=CCC/C1=C/C. The highest BCUT2D eigenvalue weighted by Gasteiger charge is 2.08. The van der Waals surface area contributed by atoms with Gasteiger partial charge in [-0.2, -0.15) is 0 Å². The molecule has 0 radical (unpaired) electrons. The monoisotopic (exact) mass is 162 g/mol. The molecule has 1 aliphatic carbocycles. The first-order chi connectivity index (χ1) is 5.79. The summed E-state index contributed by atoms with van der Waals surface area (Å²) >= 11 is 0. The maximum atomic E-state index is 9.45. The van der Waals surface area contributed by atoms with Gasteiger partial charge >= 0.3 is 0 Å². The van der Waals surface area contributed by atoms with E-state index in [2.05, 4.69) is 12.7 Å². The van der Waals surface area contributed by atoms with Crippen LogP contribution < -0.4 is 0 Å². The Balaban J connectivity index is 3.08. The zero-order valence-electron chi connectivity index (χ0n) is 7.38. The molecule has 64 valence electrons. The second kappa shape index (κ2) is 3.96. The molecule has 1 N–H and O–H groups in total. The molecule has 0 aliphatic heterocycles. The zero-order chi connectivity index (χ0) is 8.97. The largest absolute Gasteiger partial charge is 0.507 e. The number of hydrogen-bond donors (Lipinski definition) is 1. The standard InChI is InChI=1S/C11H14O/c1-3-9-7-5-6-8-10(9)11(12)4-2/h3-4,6,8,12H,2,5,7H2,1H3/b9-3-,11-10+. The van der Waals surface area contributed by atoms with Crippen molar-refractivity contribution in [3.8, 4) is 0 Å². The van der Waals surface area contributed by atoms with Crippen LogP contribution in [0.1, 0.15) is 19.8 Å². The highest BCUT2D eigenvalue weighted by Crippen LogP contribution is 2.25. The van der Waals surface area contributed by atoms with E-state index in [0.717, 1.165) is 18.4 Å². The van der Waals surface area contributed by atoms with E-state index in [9.17, 15) is 5.11 Å². The van der Waals surface area contributed by atoms with E-state index < -0.39 is 0 Å². The van der Waals surface area contributed by atoms with Crippen molar-refractivity contribution in [1.29, 1.82) is 0 Å². The average Bonchev–Trinajstić information content (AvgIpc) is 2.16. The minimum atomic E-state index is 0.277. The molecule has 0 aromatic heterocycles. The molecule has 0 bridgehead atoms. The van der Waals surface area contributed by atoms with Gasteiger partial charge in [-0.15, -0.1) is 0 Å². The van der Waals surface area contributed by atoms with Gasteiger partial charge < -0.3 is 5.11 Å². The fourth-order valence-electron chi connectivity index (χ4n) is 1.34. The Hall–Kier alpha value is -1.24. The Morgan fingerprint density at radius 1 is 1.67 bits per heavy atom. The van der Waals surface area contributed by atoms with Crippen LogP contribution in [0.25, 0.3) is 0 Å². The third-order valence-electron chi connectivity index (χ3n) is 2.03. The highest BCUT2D eigenvalue weighted by atomic mass is 16.3. The summed E-state index contributed by atoms with van der Waals surface area (Å²) in [5, 5.41) is 9.45. The van der Waals surface area contributed by atoms with Gasteiger partial charge in [0.25, 0.3) is 0 Å². The summed E-state index contributed by atoms with van der Waals surface area (Å²) in [5.41, 5.74) is 2.12. The summed E-state index contributed by atoms with van der Waals surface area (Å²) in [6, 6.07) is 0. The van der Waals surface area contributed by atoms with Gasteiger partial charge in [0.15, 0.2) is 0 Å². The number of aliphatic hydroxyl groups is 1. The summed E-state index contributed by atoms with van der Waals surface area (Å²) in [6.45, 7) is 5.53. The topological polar surface area (TPSA) is 20.2 Å². The van der Waals surface area contributed by atoms with Gasteiger partial charge in [0.1, 0.15) is 5.76 Å². The number of hydrogen-bond acceptors (Lipinski definition) is 1. The van der Waals surface area contributed by atoms with E-state index in [1.165, 1.54) is 11.6 Å². The predicted octanol–water partition coefficient (Wildman–Crippen LogP) is 3.28. The quantitative estimate of drug-likeness (QED) is 0.586. The van der Waals surface area contributed by atoms with Crippen molar-refractivity contribution in [2.24, 2.45) is 0 Å². The molecule has 0 saturated heterocycles. The van der Waals surface area contributed by atoms with E-state index in [1.807, 2.05) is 19.1 Å². The summed E-state index contributed by atoms with van der Waals surface area (Å²) in [6.07, 6.45) is 9.62. The molecule has 1 nitrogen and oxygen atoms in total. The van der Waals surface area contributed by atoms with Crippen LogP contribution >= 0.6 is 0 Å². The molecule has 0 aromatic carbocycles. The van der Waals surface area contributed by atoms with Crippen LogP contribution in [0, 0.1) is 0 Å². The Morgan fingerprint density at radius 3 is 3.00 bits per heavy atom.